The summed E-state index contributed by atoms with van der Waals surface area (Å²) < 4.78 is 0. The van der Waals surface area contributed by atoms with Crippen molar-refractivity contribution in [3.63, 3.8) is 0 Å². The summed E-state index contributed by atoms with van der Waals surface area (Å²) >= 11 is 0. The number of ketones is 1. The summed E-state index contributed by atoms with van der Waals surface area (Å²) in [6.45, 7) is 1.99. The van der Waals surface area contributed by atoms with E-state index in [0.717, 1.165) is 11.3 Å². The molecule has 0 heterocycles. The number of phenolic OH excluding ortho intramolecular Hbond substituents is 1. The maximum Gasteiger partial charge on any atom is 0.221 e. The van der Waals surface area contributed by atoms with Crippen molar-refractivity contribution in [1.82, 2.24) is 0 Å². The van der Waals surface area contributed by atoms with Gasteiger partial charge in [0.15, 0.2) is 5.78 Å². The van der Waals surface area contributed by atoms with Gasteiger partial charge in [0, 0.05) is 38.0 Å². The number of benzene rings is 2. The number of anilines is 2. The Morgan fingerprint density at radius 3 is 2.42 bits per heavy atom. The van der Waals surface area contributed by atoms with E-state index in [9.17, 15) is 14.7 Å². The molecule has 136 valence electrons. The molecule has 2 aromatic carbocycles. The van der Waals surface area contributed by atoms with E-state index in [0.29, 0.717) is 12.2 Å². The van der Waals surface area contributed by atoms with Crippen LogP contribution in [0, 0.1) is 0 Å². The molecule has 0 bridgehead atoms. The summed E-state index contributed by atoms with van der Waals surface area (Å²) in [5.41, 5.74) is 2.40. The number of nitrogens with zero attached hydrogens (tertiary/aromatic N) is 1. The van der Waals surface area contributed by atoms with Crippen molar-refractivity contribution in [3.8, 4) is 5.75 Å². The van der Waals surface area contributed by atoms with Crippen LogP contribution in [-0.4, -0.2) is 42.1 Å². The Hall–Kier alpha value is -3.12. The van der Waals surface area contributed by atoms with E-state index in [1.807, 2.05) is 36.2 Å². The summed E-state index contributed by atoms with van der Waals surface area (Å²) in [5, 5.41) is 21.5. The second-order valence-corrected chi connectivity index (χ2v) is 5.85. The standard InChI is InChI=1S/C20H22N2O4/c1-14(24)21-16-6-9-18(20(26)13-16)19(25)10-5-15-3-7-17(8-4-15)22(2)11-12-23/h3-10,13,23,26H,11-12H2,1-2H3,(H,21,24)/b10-5+. The number of nitrogens with one attached hydrogen (secondary N) is 1. The third kappa shape index (κ3) is 5.19. The molecule has 0 saturated heterocycles. The summed E-state index contributed by atoms with van der Waals surface area (Å²) in [5.74, 6) is -0.776. The van der Waals surface area contributed by atoms with E-state index in [4.69, 9.17) is 5.11 Å². The molecular formula is C20H22N2O4. The third-order valence-electron chi connectivity index (χ3n) is 3.78. The Kier molecular flexibility index (Phi) is 6.52. The molecule has 0 radical (unpaired) electrons. The zero-order chi connectivity index (χ0) is 19.1. The van der Waals surface area contributed by atoms with Crippen LogP contribution >= 0.6 is 0 Å². The smallest absolute Gasteiger partial charge is 0.221 e. The lowest BCUT2D eigenvalue weighted by Gasteiger charge is -2.17. The SMILES string of the molecule is CC(=O)Nc1ccc(C(=O)/C=C/c2ccc(N(C)CCO)cc2)c(O)c1. The lowest BCUT2D eigenvalue weighted by Crippen LogP contribution is -2.20. The van der Waals surface area contributed by atoms with Gasteiger partial charge in [-0.3, -0.25) is 9.59 Å². The van der Waals surface area contributed by atoms with E-state index < -0.39 is 0 Å². The summed E-state index contributed by atoms with van der Waals surface area (Å²) in [4.78, 5) is 25.2. The van der Waals surface area contributed by atoms with E-state index in [2.05, 4.69) is 5.32 Å². The first kappa shape index (κ1) is 19.2. The highest BCUT2D eigenvalue weighted by Crippen LogP contribution is 2.23. The Balaban J connectivity index is 2.08. The highest BCUT2D eigenvalue weighted by atomic mass is 16.3. The van der Waals surface area contributed by atoms with Gasteiger partial charge in [0.05, 0.1) is 12.2 Å². The lowest BCUT2D eigenvalue weighted by atomic mass is 10.1. The van der Waals surface area contributed by atoms with Gasteiger partial charge in [-0.25, -0.2) is 0 Å². The zero-order valence-corrected chi connectivity index (χ0v) is 14.8. The Labute approximate surface area is 152 Å². The molecule has 0 spiro atoms. The molecule has 0 atom stereocenters. The third-order valence-corrected chi connectivity index (χ3v) is 3.78. The van der Waals surface area contributed by atoms with Crippen LogP contribution < -0.4 is 10.2 Å². The van der Waals surface area contributed by atoms with Crippen LogP contribution in [0.2, 0.25) is 0 Å². The van der Waals surface area contributed by atoms with Gasteiger partial charge in [0.2, 0.25) is 5.91 Å². The molecular weight excluding hydrogens is 332 g/mol. The lowest BCUT2D eigenvalue weighted by molar-refractivity contribution is -0.114. The Morgan fingerprint density at radius 2 is 1.85 bits per heavy atom. The van der Waals surface area contributed by atoms with Crippen molar-refractivity contribution >= 4 is 29.1 Å². The van der Waals surface area contributed by atoms with Crippen molar-refractivity contribution in [2.45, 2.75) is 6.92 Å². The Bertz CT molecular complexity index is 813. The van der Waals surface area contributed by atoms with Crippen LogP contribution in [0.15, 0.2) is 48.5 Å². The topological polar surface area (TPSA) is 89.9 Å². The van der Waals surface area contributed by atoms with Crippen LogP contribution in [0.3, 0.4) is 0 Å². The number of carbonyl (C=O) groups is 2. The maximum atomic E-state index is 12.3. The van der Waals surface area contributed by atoms with Crippen molar-refractivity contribution in [2.75, 3.05) is 30.4 Å². The molecule has 1 amide bonds. The minimum atomic E-state index is -0.335. The van der Waals surface area contributed by atoms with Gasteiger partial charge in [0.1, 0.15) is 5.75 Å². The molecule has 3 N–H and O–H groups in total. The van der Waals surface area contributed by atoms with Gasteiger partial charge in [-0.2, -0.15) is 0 Å². The van der Waals surface area contributed by atoms with Crippen LogP contribution in [0.1, 0.15) is 22.8 Å². The zero-order valence-electron chi connectivity index (χ0n) is 14.8. The summed E-state index contributed by atoms with van der Waals surface area (Å²) in [6, 6.07) is 11.9. The van der Waals surface area contributed by atoms with Crippen LogP contribution in [0.4, 0.5) is 11.4 Å². The van der Waals surface area contributed by atoms with Gasteiger partial charge >= 0.3 is 0 Å². The predicted molar refractivity (Wildman–Crippen MR) is 103 cm³/mol. The number of aromatic hydroxyl groups is 1. The number of rotatable bonds is 7. The average molecular weight is 354 g/mol. The first-order chi connectivity index (χ1) is 12.4. The summed E-state index contributed by atoms with van der Waals surface area (Å²) in [7, 11) is 1.89. The number of allylic oxidation sites excluding steroid dienone is 1. The number of hydrogen-bond donors (Lipinski definition) is 3. The van der Waals surface area contributed by atoms with Crippen LogP contribution in [0.5, 0.6) is 5.75 Å². The van der Waals surface area contributed by atoms with Gasteiger partial charge in [-0.05, 0) is 35.9 Å². The number of amides is 1. The van der Waals surface area contributed by atoms with E-state index in [1.165, 1.54) is 25.1 Å². The second kappa shape index (κ2) is 8.82. The molecule has 6 nitrogen and oxygen atoms in total. The number of aliphatic hydroxyl groups excluding tert-OH is 1. The molecule has 0 unspecified atom stereocenters. The average Bonchev–Trinajstić information content (AvgIpc) is 2.60. The first-order valence-corrected chi connectivity index (χ1v) is 8.16. The highest BCUT2D eigenvalue weighted by molar-refractivity contribution is 6.09. The second-order valence-electron chi connectivity index (χ2n) is 5.85. The minimum Gasteiger partial charge on any atom is -0.507 e. The summed E-state index contributed by atoms with van der Waals surface area (Å²) in [6.07, 6.45) is 3.05. The van der Waals surface area contributed by atoms with E-state index in [-0.39, 0.29) is 29.6 Å². The quantitative estimate of drug-likeness (QED) is 0.525. The van der Waals surface area contributed by atoms with E-state index >= 15 is 0 Å². The molecule has 6 heteroatoms. The number of likely N-dealkylation sites (N-methyl/N-ethyl adjacent to an activating group) is 1. The van der Waals surface area contributed by atoms with Crippen LogP contribution in [0.25, 0.3) is 6.08 Å². The molecule has 26 heavy (non-hydrogen) atoms. The highest BCUT2D eigenvalue weighted by Gasteiger charge is 2.09. The molecule has 0 aliphatic carbocycles. The van der Waals surface area contributed by atoms with Gasteiger partial charge in [0.25, 0.3) is 0 Å². The fourth-order valence-corrected chi connectivity index (χ4v) is 2.40. The molecule has 0 aromatic heterocycles. The molecule has 0 fully saturated rings. The van der Waals surface area contributed by atoms with Crippen molar-refractivity contribution in [2.24, 2.45) is 0 Å². The van der Waals surface area contributed by atoms with Gasteiger partial charge < -0.3 is 20.4 Å². The fourth-order valence-electron chi connectivity index (χ4n) is 2.40. The Morgan fingerprint density at radius 1 is 1.15 bits per heavy atom. The fraction of sp³-hybridized carbons (Fsp3) is 0.200. The maximum absolute atomic E-state index is 12.3. The van der Waals surface area contributed by atoms with Gasteiger partial charge in [-0.1, -0.05) is 18.2 Å². The largest absolute Gasteiger partial charge is 0.507 e. The molecule has 0 aliphatic rings. The van der Waals surface area contributed by atoms with E-state index in [1.54, 1.807) is 12.1 Å². The number of aliphatic hydroxyl groups is 1. The number of phenols is 1. The van der Waals surface area contributed by atoms with Gasteiger partial charge in [-0.15, -0.1) is 0 Å². The predicted octanol–water partition coefficient (Wildman–Crippen LogP) is 2.68. The normalized spacial score (nSPS) is 10.7. The van der Waals surface area contributed by atoms with Crippen molar-refractivity contribution < 1.29 is 19.8 Å². The minimum absolute atomic E-state index is 0.0802. The van der Waals surface area contributed by atoms with Crippen LogP contribution in [-0.2, 0) is 4.79 Å². The molecule has 0 saturated carbocycles. The molecule has 0 aliphatic heterocycles. The number of carbonyl (C=O) groups excluding carboxylic acids is 2. The molecule has 2 rings (SSSR count). The van der Waals surface area contributed by atoms with Crippen molar-refractivity contribution in [3.05, 3.63) is 59.7 Å². The van der Waals surface area contributed by atoms with Crippen molar-refractivity contribution in [1.29, 1.82) is 0 Å². The molecule has 2 aromatic rings. The monoisotopic (exact) mass is 354 g/mol. The first-order valence-electron chi connectivity index (χ1n) is 8.16. The number of hydrogen-bond acceptors (Lipinski definition) is 5.